The molecule has 0 aliphatic heterocycles. The molecule has 2 aromatic rings. The first-order chi connectivity index (χ1) is 12.1. The monoisotopic (exact) mass is 360 g/mol. The zero-order chi connectivity index (χ0) is 17.8. The lowest BCUT2D eigenvalue weighted by Crippen LogP contribution is -2.42. The van der Waals surface area contributed by atoms with E-state index in [0.717, 1.165) is 19.3 Å². The number of aromatic nitrogens is 3. The van der Waals surface area contributed by atoms with Gasteiger partial charge in [0.25, 0.3) is 5.91 Å². The van der Waals surface area contributed by atoms with Crippen LogP contribution in [0.25, 0.3) is 10.8 Å². The number of thiazole rings is 1. The van der Waals surface area contributed by atoms with Crippen molar-refractivity contribution >= 4 is 23.2 Å². The zero-order valence-corrected chi connectivity index (χ0v) is 14.8. The molecule has 0 aromatic carbocycles. The highest BCUT2D eigenvalue weighted by Crippen LogP contribution is 2.27. The highest BCUT2D eigenvalue weighted by atomic mass is 32.1. The fourth-order valence-corrected chi connectivity index (χ4v) is 4.04. The second-order valence-corrected chi connectivity index (χ2v) is 7.17. The Bertz CT molecular complexity index is 763. The van der Waals surface area contributed by atoms with Crippen LogP contribution >= 0.6 is 11.3 Å². The van der Waals surface area contributed by atoms with Gasteiger partial charge in [-0.3, -0.25) is 9.59 Å². The molecule has 2 aromatic heterocycles. The van der Waals surface area contributed by atoms with Crippen LogP contribution in [-0.4, -0.2) is 38.0 Å². The zero-order valence-electron chi connectivity index (χ0n) is 13.9. The number of aliphatic carboxylic acids is 1. The molecule has 3 rings (SSSR count). The summed E-state index contributed by atoms with van der Waals surface area (Å²) in [6, 6.07) is 1.38. The van der Waals surface area contributed by atoms with Gasteiger partial charge in [0.2, 0.25) is 0 Å². The fourth-order valence-electron chi connectivity index (χ4n) is 3.12. The van der Waals surface area contributed by atoms with Crippen molar-refractivity contribution < 1.29 is 14.7 Å². The van der Waals surface area contributed by atoms with Crippen LogP contribution in [0.4, 0.5) is 0 Å². The third-order valence-corrected chi connectivity index (χ3v) is 5.56. The lowest BCUT2D eigenvalue weighted by Gasteiger charge is -2.22. The molecule has 132 valence electrons. The molecule has 0 unspecified atom stereocenters. The van der Waals surface area contributed by atoms with E-state index in [9.17, 15) is 14.7 Å². The van der Waals surface area contributed by atoms with E-state index >= 15 is 0 Å². The molecular formula is C17H20N4O3S. The Morgan fingerprint density at radius 2 is 1.92 bits per heavy atom. The molecule has 2 heterocycles. The van der Waals surface area contributed by atoms with E-state index in [1.54, 1.807) is 25.4 Å². The summed E-state index contributed by atoms with van der Waals surface area (Å²) in [4.78, 5) is 37.4. The number of carbonyl (C=O) groups excluding carboxylic acids is 1. The highest BCUT2D eigenvalue weighted by Gasteiger charge is 2.31. The van der Waals surface area contributed by atoms with E-state index in [2.05, 4.69) is 20.3 Å². The molecule has 0 spiro atoms. The summed E-state index contributed by atoms with van der Waals surface area (Å²) in [5.41, 5.74) is 0.602. The quantitative estimate of drug-likeness (QED) is 0.812. The highest BCUT2D eigenvalue weighted by molar-refractivity contribution is 7.17. The van der Waals surface area contributed by atoms with Crippen molar-refractivity contribution in [1.82, 2.24) is 20.3 Å². The Balaban J connectivity index is 1.78. The van der Waals surface area contributed by atoms with Crippen molar-refractivity contribution in [2.75, 3.05) is 0 Å². The second-order valence-electron chi connectivity index (χ2n) is 6.17. The molecule has 25 heavy (non-hydrogen) atoms. The predicted octanol–water partition coefficient (Wildman–Crippen LogP) is 2.67. The van der Waals surface area contributed by atoms with Gasteiger partial charge in [0, 0.05) is 18.4 Å². The second kappa shape index (κ2) is 7.69. The minimum atomic E-state index is -0.841. The molecule has 1 fully saturated rings. The molecule has 7 nitrogen and oxygen atoms in total. The first-order valence-electron chi connectivity index (χ1n) is 8.34. The van der Waals surface area contributed by atoms with Crippen LogP contribution < -0.4 is 5.32 Å². The third-order valence-electron chi connectivity index (χ3n) is 4.41. The molecule has 0 bridgehead atoms. The molecule has 1 aliphatic carbocycles. The smallest absolute Gasteiger partial charge is 0.308 e. The molecule has 1 aliphatic rings. The van der Waals surface area contributed by atoms with E-state index in [1.807, 2.05) is 0 Å². The lowest BCUT2D eigenvalue weighted by molar-refractivity contribution is -0.142. The van der Waals surface area contributed by atoms with Gasteiger partial charge in [-0.1, -0.05) is 19.3 Å². The molecule has 0 saturated heterocycles. The van der Waals surface area contributed by atoms with E-state index in [4.69, 9.17) is 0 Å². The SMILES string of the molecule is Cc1nc(-c2ncccn2)sc1C(=O)N[C@H]1CCCCC[C@@H]1C(=O)O. The minimum Gasteiger partial charge on any atom is -0.481 e. The van der Waals surface area contributed by atoms with Gasteiger partial charge in [-0.15, -0.1) is 11.3 Å². The van der Waals surface area contributed by atoms with Crippen molar-refractivity contribution in [2.45, 2.75) is 45.1 Å². The first-order valence-corrected chi connectivity index (χ1v) is 9.16. The molecule has 2 atom stereocenters. The van der Waals surface area contributed by atoms with Crippen LogP contribution in [0.15, 0.2) is 18.5 Å². The van der Waals surface area contributed by atoms with E-state index < -0.39 is 11.9 Å². The number of carbonyl (C=O) groups is 2. The van der Waals surface area contributed by atoms with E-state index in [0.29, 0.717) is 34.2 Å². The van der Waals surface area contributed by atoms with Gasteiger partial charge in [0.15, 0.2) is 10.8 Å². The average molecular weight is 360 g/mol. The van der Waals surface area contributed by atoms with Gasteiger partial charge in [-0.2, -0.15) is 0 Å². The maximum absolute atomic E-state index is 12.7. The van der Waals surface area contributed by atoms with Gasteiger partial charge in [0.1, 0.15) is 4.88 Å². The molecule has 8 heteroatoms. The van der Waals surface area contributed by atoms with Gasteiger partial charge in [-0.25, -0.2) is 15.0 Å². The number of carboxylic acids is 1. The van der Waals surface area contributed by atoms with Crippen molar-refractivity contribution in [3.63, 3.8) is 0 Å². The van der Waals surface area contributed by atoms with Crippen LogP contribution in [0.3, 0.4) is 0 Å². The topological polar surface area (TPSA) is 105 Å². The van der Waals surface area contributed by atoms with Crippen LogP contribution in [0.1, 0.15) is 47.5 Å². The number of carboxylic acid groups (broad SMARTS) is 1. The predicted molar refractivity (Wildman–Crippen MR) is 93.3 cm³/mol. The summed E-state index contributed by atoms with van der Waals surface area (Å²) in [7, 11) is 0. The van der Waals surface area contributed by atoms with Crippen molar-refractivity contribution in [3.8, 4) is 10.8 Å². The van der Waals surface area contributed by atoms with Crippen molar-refractivity contribution in [1.29, 1.82) is 0 Å². The fraction of sp³-hybridized carbons (Fsp3) is 0.471. The van der Waals surface area contributed by atoms with Gasteiger partial charge < -0.3 is 10.4 Å². The number of amides is 1. The Morgan fingerprint density at radius 3 is 2.64 bits per heavy atom. The Kier molecular flexibility index (Phi) is 5.37. The number of aryl methyl sites for hydroxylation is 1. The molecular weight excluding hydrogens is 340 g/mol. The largest absolute Gasteiger partial charge is 0.481 e. The maximum atomic E-state index is 12.7. The third kappa shape index (κ3) is 4.01. The van der Waals surface area contributed by atoms with Crippen molar-refractivity contribution in [3.05, 3.63) is 29.0 Å². The molecule has 1 amide bonds. The van der Waals surface area contributed by atoms with Crippen LogP contribution in [0.2, 0.25) is 0 Å². The van der Waals surface area contributed by atoms with E-state index in [-0.39, 0.29) is 11.9 Å². The Hall–Kier alpha value is -2.35. The summed E-state index contributed by atoms with van der Waals surface area (Å²) >= 11 is 1.23. The summed E-state index contributed by atoms with van der Waals surface area (Å²) < 4.78 is 0. The standard InChI is InChI=1S/C17H20N4O3S/c1-10-13(25-16(20-10)14-18-8-5-9-19-14)15(22)21-12-7-4-2-3-6-11(12)17(23)24/h5,8-9,11-12H,2-4,6-7H2,1H3,(H,21,22)(H,23,24)/t11-,12-/m0/s1. The number of hydrogen-bond acceptors (Lipinski definition) is 6. The average Bonchev–Trinajstić information content (AvgIpc) is 2.84. The lowest BCUT2D eigenvalue weighted by atomic mass is 9.95. The molecule has 0 radical (unpaired) electrons. The van der Waals surface area contributed by atoms with Crippen LogP contribution in [-0.2, 0) is 4.79 Å². The van der Waals surface area contributed by atoms with Crippen molar-refractivity contribution in [2.24, 2.45) is 5.92 Å². The van der Waals surface area contributed by atoms with Crippen LogP contribution in [0, 0.1) is 12.8 Å². The Labute approximate surface area is 149 Å². The summed E-state index contributed by atoms with van der Waals surface area (Å²) in [5.74, 6) is -1.16. The van der Waals surface area contributed by atoms with Gasteiger partial charge in [-0.05, 0) is 25.8 Å². The molecule has 1 saturated carbocycles. The number of nitrogens with one attached hydrogen (secondary N) is 1. The summed E-state index contributed by atoms with van der Waals surface area (Å²) in [6.45, 7) is 1.76. The summed E-state index contributed by atoms with van der Waals surface area (Å²) in [6.07, 6.45) is 7.37. The number of rotatable bonds is 4. The van der Waals surface area contributed by atoms with E-state index in [1.165, 1.54) is 11.3 Å². The number of nitrogens with zero attached hydrogens (tertiary/aromatic N) is 3. The first kappa shape index (κ1) is 17.5. The minimum absolute atomic E-state index is 0.268. The molecule has 2 N–H and O–H groups in total. The number of hydrogen-bond donors (Lipinski definition) is 2. The normalized spacial score (nSPS) is 20.7. The van der Waals surface area contributed by atoms with Gasteiger partial charge in [0.05, 0.1) is 11.6 Å². The van der Waals surface area contributed by atoms with Gasteiger partial charge >= 0.3 is 5.97 Å². The summed E-state index contributed by atoms with van der Waals surface area (Å²) in [5, 5.41) is 13.0. The maximum Gasteiger partial charge on any atom is 0.308 e. The Morgan fingerprint density at radius 1 is 1.20 bits per heavy atom. The van der Waals surface area contributed by atoms with Crippen LogP contribution in [0.5, 0.6) is 0 Å².